The molecule has 4 heterocycles. The van der Waals surface area contributed by atoms with Gasteiger partial charge in [-0.25, -0.2) is 0 Å². The van der Waals surface area contributed by atoms with Crippen molar-refractivity contribution in [2.24, 2.45) is 11.3 Å². The predicted octanol–water partition coefficient (Wildman–Crippen LogP) is 7.38. The number of amides is 2. The molecule has 2 bridgehead atoms. The number of likely N-dealkylation sites (N-methyl/N-ethyl adjacent to an activating group) is 1. The zero-order valence-electron chi connectivity index (χ0n) is 41.1. The van der Waals surface area contributed by atoms with E-state index >= 15 is 4.79 Å². The van der Waals surface area contributed by atoms with Crippen LogP contribution in [0.15, 0.2) is 60.7 Å². The van der Waals surface area contributed by atoms with Gasteiger partial charge in [-0.05, 0) is 81.9 Å². The molecule has 0 spiro atoms. The normalized spacial score (nSPS) is 30.0. The Hall–Kier alpha value is -4.18. The van der Waals surface area contributed by atoms with Gasteiger partial charge in [-0.1, -0.05) is 106 Å². The highest BCUT2D eigenvalue weighted by Gasteiger charge is 2.76. The van der Waals surface area contributed by atoms with E-state index in [4.69, 9.17) is 28.5 Å². The van der Waals surface area contributed by atoms with Gasteiger partial charge in [0.05, 0.1) is 31.4 Å². The van der Waals surface area contributed by atoms with Crippen LogP contribution in [0.5, 0.6) is 0 Å². The molecular formula is C54H75N3O11. The second-order valence-electron chi connectivity index (χ2n) is 21.2. The number of hydroxylamine groups is 2. The summed E-state index contributed by atoms with van der Waals surface area (Å²) in [4.78, 5) is 66.3. The number of epoxide rings is 1. The fourth-order valence-corrected chi connectivity index (χ4v) is 11.4. The van der Waals surface area contributed by atoms with Gasteiger partial charge in [0.15, 0.2) is 11.8 Å². The average molecular weight is 942 g/mol. The number of ether oxygens (including phenoxy) is 5. The standard InChI is InChI=1S/C54H75N3O11/c1-7-9-14-28-53(29-15-10-8-2)66-45-43-32-54(51(62)56(6)40(30-36-16-12-11-13-17-36)49(60)55-39(34-58)25-27-44(59)65-52(3,4)5)47(50(61)64-43)57(68-48(54)46(45)67-53)33-38-22-19-35(20-23-38)18-21-37-24-26-41-42(31-37)63-41/h11-13,16-23,37,39-43,45-48,58H,7-10,14-15,24-34H2,1-6H3,(H,55,60). The van der Waals surface area contributed by atoms with Crippen LogP contribution in [0.4, 0.5) is 0 Å². The molecule has 6 aliphatic rings. The third-order valence-electron chi connectivity index (χ3n) is 14.9. The summed E-state index contributed by atoms with van der Waals surface area (Å²) in [7, 11) is 1.60. The Bertz CT molecular complexity index is 2080. The SMILES string of the molecule is CCCCCC1(CCCCC)OC2C3CC4(C(=O)N(C)C(Cc5ccccc5)C(=O)NC(CO)CCC(=O)OC(C)(C)C)C(ON(Cc5ccc(C=CC6CCC7OC7C6)cc5)C4C(=O)O3)C2O1. The van der Waals surface area contributed by atoms with Crippen molar-refractivity contribution in [1.82, 2.24) is 15.3 Å². The summed E-state index contributed by atoms with van der Waals surface area (Å²) < 4.78 is 31.7. The number of aliphatic hydroxyl groups is 1. The maximum absolute atomic E-state index is 15.9. The number of unbranched alkanes of at least 4 members (excludes halogenated alkanes) is 4. The minimum Gasteiger partial charge on any atom is -0.460 e. The average Bonchev–Trinajstić information content (AvgIpc) is 3.87. The monoisotopic (exact) mass is 942 g/mol. The molecule has 14 nitrogen and oxygen atoms in total. The Morgan fingerprint density at radius 1 is 0.926 bits per heavy atom. The van der Waals surface area contributed by atoms with Crippen LogP contribution in [0.2, 0.25) is 0 Å². The van der Waals surface area contributed by atoms with Gasteiger partial charge < -0.3 is 39.0 Å². The van der Waals surface area contributed by atoms with E-state index < -0.39 is 89.7 Å². The minimum atomic E-state index is -1.52. The van der Waals surface area contributed by atoms with Crippen LogP contribution in [0.1, 0.15) is 141 Å². The molecule has 8 rings (SSSR count). The lowest BCUT2D eigenvalue weighted by molar-refractivity contribution is -0.225. The van der Waals surface area contributed by atoms with E-state index in [1.54, 1.807) is 32.9 Å². The first-order chi connectivity index (χ1) is 32.7. The number of rotatable bonds is 22. The lowest BCUT2D eigenvalue weighted by Crippen LogP contribution is -2.70. The molecule has 6 fully saturated rings. The fourth-order valence-electron chi connectivity index (χ4n) is 11.4. The summed E-state index contributed by atoms with van der Waals surface area (Å²) in [6.45, 7) is 9.42. The number of allylic oxidation sites excluding steroid dienone is 1. The van der Waals surface area contributed by atoms with E-state index in [1.165, 1.54) is 4.90 Å². The van der Waals surface area contributed by atoms with Crippen LogP contribution in [0.25, 0.3) is 6.08 Å². The topological polar surface area (TPSA) is 166 Å². The van der Waals surface area contributed by atoms with Gasteiger partial charge in [0.1, 0.15) is 41.5 Å². The Kier molecular flexibility index (Phi) is 15.8. The Balaban J connectivity index is 1.10. The van der Waals surface area contributed by atoms with Crippen molar-refractivity contribution in [3.05, 3.63) is 77.4 Å². The van der Waals surface area contributed by atoms with Crippen LogP contribution in [-0.4, -0.2) is 119 Å². The van der Waals surface area contributed by atoms with E-state index in [0.717, 1.165) is 74.5 Å². The van der Waals surface area contributed by atoms with Gasteiger partial charge in [-0.15, -0.1) is 0 Å². The summed E-state index contributed by atoms with van der Waals surface area (Å²) in [5.41, 5.74) is 0.556. The second kappa shape index (κ2) is 21.4. The zero-order valence-corrected chi connectivity index (χ0v) is 41.1. The molecule has 372 valence electrons. The van der Waals surface area contributed by atoms with Gasteiger partial charge >= 0.3 is 11.9 Å². The lowest BCUT2D eigenvalue weighted by Gasteiger charge is -2.50. The molecule has 4 aliphatic heterocycles. The largest absolute Gasteiger partial charge is 0.460 e. The number of hydrogen-bond donors (Lipinski definition) is 2. The molecule has 2 aliphatic carbocycles. The van der Waals surface area contributed by atoms with Crippen LogP contribution in [0, 0.1) is 11.3 Å². The first-order valence-electron chi connectivity index (χ1n) is 25.5. The summed E-state index contributed by atoms with van der Waals surface area (Å²) in [6, 6.07) is 14.6. The Labute approximate surface area is 402 Å². The number of benzene rings is 2. The maximum Gasteiger partial charge on any atom is 0.327 e. The molecule has 0 aromatic heterocycles. The Morgan fingerprint density at radius 3 is 2.29 bits per heavy atom. The Morgan fingerprint density at radius 2 is 1.63 bits per heavy atom. The van der Waals surface area contributed by atoms with Crippen molar-refractivity contribution in [2.75, 3.05) is 13.7 Å². The third-order valence-corrected chi connectivity index (χ3v) is 14.9. The van der Waals surface area contributed by atoms with Gasteiger partial charge in [-0.3, -0.25) is 24.0 Å². The molecule has 11 atom stereocenters. The van der Waals surface area contributed by atoms with Crippen molar-refractivity contribution in [2.45, 2.75) is 204 Å². The molecule has 68 heavy (non-hydrogen) atoms. The molecule has 4 saturated heterocycles. The number of carbonyl (C=O) groups is 4. The second-order valence-corrected chi connectivity index (χ2v) is 21.2. The van der Waals surface area contributed by atoms with Crippen molar-refractivity contribution in [1.29, 1.82) is 0 Å². The third kappa shape index (κ3) is 11.2. The summed E-state index contributed by atoms with van der Waals surface area (Å²) in [5, 5.41) is 15.0. The summed E-state index contributed by atoms with van der Waals surface area (Å²) in [6.07, 6.45) is 13.0. The smallest absolute Gasteiger partial charge is 0.327 e. The van der Waals surface area contributed by atoms with Gasteiger partial charge in [-0.2, -0.15) is 5.06 Å². The van der Waals surface area contributed by atoms with E-state index in [-0.39, 0.29) is 32.2 Å². The van der Waals surface area contributed by atoms with E-state index in [9.17, 15) is 19.5 Å². The molecule has 2 aromatic rings. The first-order valence-corrected chi connectivity index (χ1v) is 25.5. The number of aliphatic hydroxyl groups excluding tert-OH is 1. The van der Waals surface area contributed by atoms with Crippen LogP contribution in [-0.2, 0) is 60.7 Å². The lowest BCUT2D eigenvalue weighted by atomic mass is 9.62. The summed E-state index contributed by atoms with van der Waals surface area (Å²) >= 11 is 0. The van der Waals surface area contributed by atoms with E-state index in [0.29, 0.717) is 31.0 Å². The molecule has 0 radical (unpaired) electrons. The quantitative estimate of drug-likeness (QED) is 0.0685. The molecule has 2 N–H and O–H groups in total. The van der Waals surface area contributed by atoms with Crippen LogP contribution < -0.4 is 5.32 Å². The number of carbonyl (C=O) groups excluding carboxylic acids is 4. The van der Waals surface area contributed by atoms with E-state index in [2.05, 4.69) is 43.4 Å². The zero-order chi connectivity index (χ0) is 48.2. The number of nitrogens with zero attached hydrogens (tertiary/aromatic N) is 2. The first kappa shape index (κ1) is 50.2. The molecular weight excluding hydrogens is 867 g/mol. The van der Waals surface area contributed by atoms with Crippen molar-refractivity contribution in [3.63, 3.8) is 0 Å². The highest BCUT2D eigenvalue weighted by Crippen LogP contribution is 2.58. The molecule has 2 saturated carbocycles. The van der Waals surface area contributed by atoms with E-state index in [1.807, 2.05) is 42.5 Å². The van der Waals surface area contributed by atoms with Crippen LogP contribution in [0.3, 0.4) is 0 Å². The predicted molar refractivity (Wildman–Crippen MR) is 254 cm³/mol. The van der Waals surface area contributed by atoms with Gasteiger partial charge in [0.25, 0.3) is 0 Å². The maximum atomic E-state index is 15.9. The molecule has 2 aromatic carbocycles. The summed E-state index contributed by atoms with van der Waals surface area (Å²) in [5.74, 6) is -2.42. The fraction of sp³-hybridized carbons (Fsp3) is 0.667. The van der Waals surface area contributed by atoms with Crippen molar-refractivity contribution in [3.8, 4) is 0 Å². The molecule has 11 unspecified atom stereocenters. The highest BCUT2D eigenvalue weighted by atomic mass is 16.8. The number of nitrogens with one attached hydrogen (secondary N) is 1. The van der Waals surface area contributed by atoms with Crippen LogP contribution >= 0.6 is 0 Å². The molecule has 14 heteroatoms. The highest BCUT2D eigenvalue weighted by molar-refractivity contribution is 5.96. The number of fused-ring (bicyclic) bond motifs is 5. The number of hydrogen-bond acceptors (Lipinski definition) is 12. The van der Waals surface area contributed by atoms with Crippen molar-refractivity contribution >= 4 is 29.8 Å². The minimum absolute atomic E-state index is 0.0243. The molecule has 2 amide bonds. The number of esters is 2. The van der Waals surface area contributed by atoms with Gasteiger partial charge in [0.2, 0.25) is 11.8 Å². The van der Waals surface area contributed by atoms with Gasteiger partial charge in [0, 0.05) is 39.2 Å². The van der Waals surface area contributed by atoms with Crippen molar-refractivity contribution < 1.29 is 52.8 Å².